The van der Waals surface area contributed by atoms with Crippen LogP contribution in [-0.4, -0.2) is 41.4 Å². The number of carbonyl (C=O) groups excluding carboxylic acids is 1. The highest BCUT2D eigenvalue weighted by Crippen LogP contribution is 2.23. The van der Waals surface area contributed by atoms with Crippen molar-refractivity contribution in [2.24, 2.45) is 5.92 Å². The summed E-state index contributed by atoms with van der Waals surface area (Å²) in [5.74, 6) is 1.46. The van der Waals surface area contributed by atoms with Gasteiger partial charge in [-0.25, -0.2) is 4.98 Å². The number of hydrogen-bond donors (Lipinski definition) is 1. The molecule has 2 aromatic heterocycles. The van der Waals surface area contributed by atoms with E-state index < -0.39 is 0 Å². The van der Waals surface area contributed by atoms with Gasteiger partial charge in [-0.3, -0.25) is 9.78 Å². The van der Waals surface area contributed by atoms with Crippen molar-refractivity contribution in [2.75, 3.05) is 24.5 Å². The van der Waals surface area contributed by atoms with Gasteiger partial charge in [-0.1, -0.05) is 50.2 Å². The average Bonchev–Trinajstić information content (AvgIpc) is 2.80. The van der Waals surface area contributed by atoms with Crippen molar-refractivity contribution in [3.63, 3.8) is 0 Å². The van der Waals surface area contributed by atoms with Crippen molar-refractivity contribution in [1.82, 2.24) is 15.3 Å². The van der Waals surface area contributed by atoms with Crippen molar-refractivity contribution in [2.45, 2.75) is 39.7 Å². The Labute approximate surface area is 193 Å². The highest BCUT2D eigenvalue weighted by atomic mass is 16.1. The number of anilines is 1. The van der Waals surface area contributed by atoms with Gasteiger partial charge in [-0.15, -0.1) is 0 Å². The van der Waals surface area contributed by atoms with Crippen LogP contribution in [0, 0.1) is 12.8 Å². The summed E-state index contributed by atoms with van der Waals surface area (Å²) in [6.07, 6.45) is 3.52. The molecule has 0 amide bonds. The van der Waals surface area contributed by atoms with Gasteiger partial charge in [-0.2, -0.15) is 0 Å². The molecule has 3 aromatic rings. The van der Waals surface area contributed by atoms with Gasteiger partial charge in [-0.05, 0) is 55.0 Å². The molecule has 0 aliphatic carbocycles. The molecule has 3 heterocycles. The number of aromatic nitrogens is 2. The first-order valence-corrected chi connectivity index (χ1v) is 11.5. The molecule has 1 N–H and O–H groups in total. The SMILES string of the molecule is Cc1ncccc1C(=O)c1nc(N2CCN[C@@H](CC(C)C)C2)ccc1Cc1ccccc1.[HH].[HH]. The number of hydrogen-bond acceptors (Lipinski definition) is 5. The summed E-state index contributed by atoms with van der Waals surface area (Å²) in [5.41, 5.74) is 3.99. The molecule has 5 heteroatoms. The fraction of sp³-hybridized carbons (Fsp3) is 0.370. The summed E-state index contributed by atoms with van der Waals surface area (Å²) >= 11 is 0. The standard InChI is InChI=1S/C27H32N4O.2H2/c1-19(2)16-23-18-31(15-14-29-23)25-12-11-22(17-21-8-5-4-6-9-21)26(30-25)27(32)24-10-7-13-28-20(24)3;;/h4-13,19,23,29H,14-18H2,1-3H3;2*1H/t23-;;/m0../s1. The molecule has 170 valence electrons. The Kier molecular flexibility index (Phi) is 6.96. The largest absolute Gasteiger partial charge is 0.354 e. The zero-order valence-electron chi connectivity index (χ0n) is 19.2. The van der Waals surface area contributed by atoms with Crippen LogP contribution in [0.2, 0.25) is 0 Å². The summed E-state index contributed by atoms with van der Waals surface area (Å²) in [7, 11) is 0. The van der Waals surface area contributed by atoms with E-state index in [1.54, 1.807) is 6.20 Å². The van der Waals surface area contributed by atoms with Gasteiger partial charge >= 0.3 is 0 Å². The van der Waals surface area contributed by atoms with E-state index >= 15 is 0 Å². The number of piperazine rings is 1. The molecule has 1 aromatic carbocycles. The van der Waals surface area contributed by atoms with Gasteiger partial charge in [0, 0.05) is 46.0 Å². The van der Waals surface area contributed by atoms with Crippen molar-refractivity contribution in [3.8, 4) is 0 Å². The van der Waals surface area contributed by atoms with Crippen LogP contribution in [-0.2, 0) is 6.42 Å². The first-order valence-electron chi connectivity index (χ1n) is 11.5. The van der Waals surface area contributed by atoms with E-state index in [9.17, 15) is 4.79 Å². The zero-order chi connectivity index (χ0) is 22.5. The van der Waals surface area contributed by atoms with Gasteiger partial charge in [0.15, 0.2) is 0 Å². The van der Waals surface area contributed by atoms with E-state index in [-0.39, 0.29) is 8.64 Å². The molecule has 0 unspecified atom stereocenters. The molecule has 0 bridgehead atoms. The topological polar surface area (TPSA) is 58.1 Å². The molecule has 5 nitrogen and oxygen atoms in total. The van der Waals surface area contributed by atoms with E-state index in [4.69, 9.17) is 4.98 Å². The number of nitrogens with one attached hydrogen (secondary N) is 1. The summed E-state index contributed by atoms with van der Waals surface area (Å²) in [6, 6.07) is 18.5. The lowest BCUT2D eigenvalue weighted by atomic mass is 9.97. The lowest BCUT2D eigenvalue weighted by molar-refractivity contribution is 0.103. The molecule has 1 fully saturated rings. The molecule has 32 heavy (non-hydrogen) atoms. The Bertz CT molecular complexity index is 1080. The fourth-order valence-corrected chi connectivity index (χ4v) is 4.42. The lowest BCUT2D eigenvalue weighted by Crippen LogP contribution is -2.51. The van der Waals surface area contributed by atoms with E-state index in [0.717, 1.165) is 48.7 Å². The van der Waals surface area contributed by atoms with Gasteiger partial charge < -0.3 is 10.2 Å². The highest BCUT2D eigenvalue weighted by molar-refractivity contribution is 6.09. The van der Waals surface area contributed by atoms with E-state index in [0.29, 0.717) is 29.6 Å². The molecular formula is C27H36N4O. The fourth-order valence-electron chi connectivity index (χ4n) is 4.42. The summed E-state index contributed by atoms with van der Waals surface area (Å²) in [4.78, 5) is 25.2. The molecule has 1 aliphatic rings. The monoisotopic (exact) mass is 432 g/mol. The summed E-state index contributed by atoms with van der Waals surface area (Å²) < 4.78 is 0. The van der Waals surface area contributed by atoms with E-state index in [1.165, 1.54) is 0 Å². The number of carbonyl (C=O) groups is 1. The number of rotatable bonds is 7. The van der Waals surface area contributed by atoms with Crippen molar-refractivity contribution in [3.05, 3.63) is 88.9 Å². The van der Waals surface area contributed by atoms with Crippen molar-refractivity contribution < 1.29 is 7.65 Å². The second kappa shape index (κ2) is 10.0. The van der Waals surface area contributed by atoms with Crippen molar-refractivity contribution >= 4 is 11.6 Å². The van der Waals surface area contributed by atoms with Gasteiger partial charge in [0.2, 0.25) is 5.78 Å². The molecular weight excluding hydrogens is 396 g/mol. The number of pyridine rings is 2. The minimum atomic E-state index is -0.0581. The van der Waals surface area contributed by atoms with Crippen LogP contribution < -0.4 is 10.2 Å². The minimum absolute atomic E-state index is 0. The van der Waals surface area contributed by atoms with E-state index in [2.05, 4.69) is 53.3 Å². The molecule has 0 spiro atoms. The molecule has 1 atom stereocenters. The quantitative estimate of drug-likeness (QED) is 0.537. The highest BCUT2D eigenvalue weighted by Gasteiger charge is 2.24. The lowest BCUT2D eigenvalue weighted by Gasteiger charge is -2.35. The first kappa shape index (κ1) is 22.2. The molecule has 1 saturated heterocycles. The molecule has 1 aliphatic heterocycles. The third-order valence-corrected chi connectivity index (χ3v) is 6.00. The number of ketones is 1. The van der Waals surface area contributed by atoms with Crippen LogP contribution in [0.15, 0.2) is 60.8 Å². The predicted octanol–water partition coefficient (Wildman–Crippen LogP) is 4.92. The second-order valence-electron chi connectivity index (χ2n) is 9.03. The molecule has 0 radical (unpaired) electrons. The van der Waals surface area contributed by atoms with Crippen LogP contribution in [0.3, 0.4) is 0 Å². The zero-order valence-corrected chi connectivity index (χ0v) is 19.2. The maximum absolute atomic E-state index is 13.6. The minimum Gasteiger partial charge on any atom is -0.354 e. The Balaban J connectivity index is 0.00000204. The third kappa shape index (κ3) is 5.22. The maximum atomic E-state index is 13.6. The average molecular weight is 433 g/mol. The van der Waals surface area contributed by atoms with Crippen molar-refractivity contribution in [1.29, 1.82) is 0 Å². The second-order valence-corrected chi connectivity index (χ2v) is 9.03. The number of benzene rings is 1. The normalized spacial score (nSPS) is 16.4. The Hall–Kier alpha value is -3.05. The summed E-state index contributed by atoms with van der Waals surface area (Å²) in [5, 5.41) is 3.62. The smallest absolute Gasteiger partial charge is 0.213 e. The predicted molar refractivity (Wildman–Crippen MR) is 134 cm³/mol. The Morgan fingerprint density at radius 2 is 1.97 bits per heavy atom. The van der Waals surface area contributed by atoms with E-state index in [1.807, 2.05) is 37.3 Å². The third-order valence-electron chi connectivity index (χ3n) is 6.00. The number of nitrogens with zero attached hydrogens (tertiary/aromatic N) is 3. The molecule has 4 rings (SSSR count). The Morgan fingerprint density at radius 3 is 2.72 bits per heavy atom. The number of aryl methyl sites for hydroxylation is 1. The van der Waals surface area contributed by atoms with Crippen LogP contribution in [0.25, 0.3) is 0 Å². The maximum Gasteiger partial charge on any atom is 0.213 e. The van der Waals surface area contributed by atoms with Gasteiger partial charge in [0.05, 0.1) is 0 Å². The Morgan fingerprint density at radius 1 is 1.16 bits per heavy atom. The van der Waals surface area contributed by atoms with Crippen LogP contribution >= 0.6 is 0 Å². The van der Waals surface area contributed by atoms with Gasteiger partial charge in [0.1, 0.15) is 11.5 Å². The summed E-state index contributed by atoms with van der Waals surface area (Å²) in [6.45, 7) is 9.10. The van der Waals surface area contributed by atoms with Crippen LogP contribution in [0.4, 0.5) is 5.82 Å². The van der Waals surface area contributed by atoms with Gasteiger partial charge in [0.25, 0.3) is 0 Å². The van der Waals surface area contributed by atoms with Crippen LogP contribution in [0.1, 0.15) is 56.0 Å². The molecule has 0 saturated carbocycles. The first-order chi connectivity index (χ1) is 15.5. The van der Waals surface area contributed by atoms with Crippen LogP contribution in [0.5, 0.6) is 0 Å².